The molecule has 0 saturated heterocycles. The number of amides is 1. The summed E-state index contributed by atoms with van der Waals surface area (Å²) in [4.78, 5) is 39.8. The first-order chi connectivity index (χ1) is 15.4. The van der Waals surface area contributed by atoms with E-state index >= 15 is 0 Å². The van der Waals surface area contributed by atoms with Crippen LogP contribution in [0.1, 0.15) is 33.8 Å². The van der Waals surface area contributed by atoms with E-state index in [9.17, 15) is 14.4 Å². The normalized spacial score (nSPS) is 12.0. The number of thiophene rings is 1. The Morgan fingerprint density at radius 2 is 1.84 bits per heavy atom. The highest BCUT2D eigenvalue weighted by atomic mass is 32.1. The topological polar surface area (TPSA) is 82.3 Å². The summed E-state index contributed by atoms with van der Waals surface area (Å²) in [5.74, 6) is 0.408. The van der Waals surface area contributed by atoms with Crippen LogP contribution in [0.5, 0.6) is 5.75 Å². The number of methoxy groups -OCH3 is 1. The van der Waals surface area contributed by atoms with E-state index in [4.69, 9.17) is 4.74 Å². The Bertz CT molecular complexity index is 1400. The van der Waals surface area contributed by atoms with Crippen molar-refractivity contribution < 1.29 is 9.53 Å². The Balaban J connectivity index is 1.67. The Kier molecular flexibility index (Phi) is 5.96. The number of hydrogen-bond acceptors (Lipinski definition) is 5. The molecule has 0 radical (unpaired) electrons. The molecule has 0 fully saturated rings. The first-order valence-corrected chi connectivity index (χ1v) is 10.9. The van der Waals surface area contributed by atoms with Crippen molar-refractivity contribution in [2.24, 2.45) is 7.05 Å². The maximum absolute atomic E-state index is 13.2. The van der Waals surface area contributed by atoms with Gasteiger partial charge in [0, 0.05) is 13.6 Å². The van der Waals surface area contributed by atoms with E-state index in [0.717, 1.165) is 22.5 Å². The summed E-state index contributed by atoms with van der Waals surface area (Å²) in [6, 6.07) is 17.9. The van der Waals surface area contributed by atoms with Crippen molar-refractivity contribution in [1.29, 1.82) is 0 Å². The van der Waals surface area contributed by atoms with E-state index in [2.05, 4.69) is 5.32 Å². The Labute approximate surface area is 188 Å². The molecule has 0 aliphatic rings. The van der Waals surface area contributed by atoms with Crippen LogP contribution in [-0.4, -0.2) is 22.2 Å². The van der Waals surface area contributed by atoms with Crippen molar-refractivity contribution in [3.05, 3.63) is 97.5 Å². The highest BCUT2D eigenvalue weighted by molar-refractivity contribution is 7.20. The standard InChI is InChI=1S/C24H23N3O4S/c1-15(17-9-5-4-6-10-17)27-22(29)19-13-20(32-23(19)26(2)24(27)30)21(28)25-14-16-8-7-11-18(12-16)31-3/h4-13,15H,14H2,1-3H3,(H,25,28). The minimum absolute atomic E-state index is 0.302. The molecule has 7 nitrogen and oxygen atoms in total. The summed E-state index contributed by atoms with van der Waals surface area (Å²) in [5, 5.41) is 3.22. The number of carbonyl (C=O) groups excluding carboxylic acids is 1. The monoisotopic (exact) mass is 449 g/mol. The number of ether oxygens (including phenoxy) is 1. The predicted octanol–water partition coefficient (Wildman–Crippen LogP) is 3.31. The third-order valence-corrected chi connectivity index (χ3v) is 6.65. The van der Waals surface area contributed by atoms with Crippen molar-refractivity contribution in [2.75, 3.05) is 7.11 Å². The van der Waals surface area contributed by atoms with E-state index in [1.54, 1.807) is 20.2 Å². The molecule has 1 amide bonds. The first-order valence-electron chi connectivity index (χ1n) is 10.1. The van der Waals surface area contributed by atoms with Crippen LogP contribution in [0.25, 0.3) is 10.2 Å². The van der Waals surface area contributed by atoms with Crippen LogP contribution >= 0.6 is 11.3 Å². The highest BCUT2D eigenvalue weighted by Crippen LogP contribution is 2.23. The molecule has 1 unspecified atom stereocenters. The molecule has 4 rings (SSSR count). The van der Waals surface area contributed by atoms with Gasteiger partial charge in [-0.25, -0.2) is 4.79 Å². The molecule has 0 aliphatic carbocycles. The van der Waals surface area contributed by atoms with Gasteiger partial charge in [-0.1, -0.05) is 42.5 Å². The van der Waals surface area contributed by atoms with Gasteiger partial charge in [0.1, 0.15) is 10.6 Å². The van der Waals surface area contributed by atoms with Crippen LogP contribution in [0.3, 0.4) is 0 Å². The van der Waals surface area contributed by atoms with Gasteiger partial charge in [0.05, 0.1) is 23.4 Å². The fourth-order valence-electron chi connectivity index (χ4n) is 3.63. The number of rotatable bonds is 6. The molecule has 0 bridgehead atoms. The predicted molar refractivity (Wildman–Crippen MR) is 126 cm³/mol. The highest BCUT2D eigenvalue weighted by Gasteiger charge is 2.21. The zero-order chi connectivity index (χ0) is 22.8. The lowest BCUT2D eigenvalue weighted by Gasteiger charge is -2.16. The number of carbonyl (C=O) groups is 1. The molecule has 4 aromatic rings. The van der Waals surface area contributed by atoms with Crippen LogP contribution in [-0.2, 0) is 13.6 Å². The van der Waals surface area contributed by atoms with Crippen molar-refractivity contribution in [3.8, 4) is 5.75 Å². The van der Waals surface area contributed by atoms with Gasteiger partial charge in [-0.2, -0.15) is 0 Å². The summed E-state index contributed by atoms with van der Waals surface area (Å²) in [7, 11) is 3.21. The molecule has 1 atom stereocenters. The van der Waals surface area contributed by atoms with Crippen molar-refractivity contribution in [3.63, 3.8) is 0 Å². The van der Waals surface area contributed by atoms with Gasteiger partial charge >= 0.3 is 5.69 Å². The summed E-state index contributed by atoms with van der Waals surface area (Å²) in [5.41, 5.74) is 0.939. The average molecular weight is 450 g/mol. The van der Waals surface area contributed by atoms with Crippen molar-refractivity contribution >= 4 is 27.5 Å². The maximum atomic E-state index is 13.2. The number of nitrogens with one attached hydrogen (secondary N) is 1. The lowest BCUT2D eigenvalue weighted by atomic mass is 10.1. The molecule has 32 heavy (non-hydrogen) atoms. The minimum Gasteiger partial charge on any atom is -0.497 e. The molecule has 8 heteroatoms. The lowest BCUT2D eigenvalue weighted by Crippen LogP contribution is -2.40. The van der Waals surface area contributed by atoms with Crippen LogP contribution in [0.15, 0.2) is 70.3 Å². The Hall–Kier alpha value is -3.65. The smallest absolute Gasteiger partial charge is 0.332 e. The van der Waals surface area contributed by atoms with Gasteiger partial charge in [-0.15, -0.1) is 11.3 Å². The number of nitrogens with zero attached hydrogens (tertiary/aromatic N) is 2. The fraction of sp³-hybridized carbons (Fsp3) is 0.208. The fourth-order valence-corrected chi connectivity index (χ4v) is 4.66. The van der Waals surface area contributed by atoms with Crippen LogP contribution in [0.4, 0.5) is 0 Å². The second-order valence-corrected chi connectivity index (χ2v) is 8.50. The summed E-state index contributed by atoms with van der Waals surface area (Å²) < 4.78 is 7.87. The summed E-state index contributed by atoms with van der Waals surface area (Å²) in [6.45, 7) is 2.14. The Morgan fingerprint density at radius 1 is 1.09 bits per heavy atom. The van der Waals surface area contributed by atoms with Gasteiger partial charge in [-0.05, 0) is 36.2 Å². The molecule has 2 heterocycles. The number of aromatic nitrogens is 2. The number of hydrogen-bond donors (Lipinski definition) is 1. The lowest BCUT2D eigenvalue weighted by molar-refractivity contribution is 0.0955. The Morgan fingerprint density at radius 3 is 2.56 bits per heavy atom. The van der Waals surface area contributed by atoms with E-state index < -0.39 is 17.3 Å². The van der Waals surface area contributed by atoms with Crippen LogP contribution in [0.2, 0.25) is 0 Å². The number of fused-ring (bicyclic) bond motifs is 1. The third-order valence-electron chi connectivity index (χ3n) is 5.44. The van der Waals surface area contributed by atoms with Gasteiger partial charge in [0.15, 0.2) is 0 Å². The van der Waals surface area contributed by atoms with Gasteiger partial charge in [0.25, 0.3) is 11.5 Å². The van der Waals surface area contributed by atoms with Crippen molar-refractivity contribution in [1.82, 2.24) is 14.5 Å². The molecular weight excluding hydrogens is 426 g/mol. The van der Waals surface area contributed by atoms with Gasteiger partial charge < -0.3 is 10.1 Å². The minimum atomic E-state index is -0.433. The molecule has 2 aromatic carbocycles. The number of benzene rings is 2. The third kappa shape index (κ3) is 3.97. The number of aryl methyl sites for hydroxylation is 1. The first kappa shape index (κ1) is 21.6. The second-order valence-electron chi connectivity index (χ2n) is 7.47. The molecule has 0 aliphatic heterocycles. The average Bonchev–Trinajstić information content (AvgIpc) is 3.28. The van der Waals surface area contributed by atoms with E-state index in [1.807, 2.05) is 61.5 Å². The zero-order valence-corrected chi connectivity index (χ0v) is 18.8. The van der Waals surface area contributed by atoms with Crippen LogP contribution < -0.4 is 21.3 Å². The van der Waals surface area contributed by atoms with E-state index in [1.165, 1.54) is 9.13 Å². The molecule has 164 valence electrons. The summed E-state index contributed by atoms with van der Waals surface area (Å²) in [6.07, 6.45) is 0. The van der Waals surface area contributed by atoms with Gasteiger partial charge in [-0.3, -0.25) is 18.7 Å². The quantitative estimate of drug-likeness (QED) is 0.490. The molecule has 0 saturated carbocycles. The zero-order valence-electron chi connectivity index (χ0n) is 18.0. The second kappa shape index (κ2) is 8.84. The van der Waals surface area contributed by atoms with Crippen LogP contribution in [0, 0.1) is 0 Å². The molecule has 1 N–H and O–H groups in total. The maximum Gasteiger partial charge on any atom is 0.332 e. The van der Waals surface area contributed by atoms with Gasteiger partial charge in [0.2, 0.25) is 0 Å². The van der Waals surface area contributed by atoms with Crippen molar-refractivity contribution in [2.45, 2.75) is 19.5 Å². The van der Waals surface area contributed by atoms with E-state index in [-0.39, 0.29) is 5.91 Å². The molecular formula is C24H23N3O4S. The largest absolute Gasteiger partial charge is 0.497 e. The van der Waals surface area contributed by atoms with E-state index in [0.29, 0.717) is 27.4 Å². The SMILES string of the molecule is COc1cccc(CNC(=O)c2cc3c(=O)n(C(C)c4ccccc4)c(=O)n(C)c3s2)c1. The molecule has 2 aromatic heterocycles. The molecule has 0 spiro atoms. The summed E-state index contributed by atoms with van der Waals surface area (Å²) >= 11 is 1.13.